The molecule has 0 heterocycles. The molecule has 0 amide bonds. The maximum atomic E-state index is 13.5. The second-order valence-corrected chi connectivity index (χ2v) is 7.46. The van der Waals surface area contributed by atoms with Crippen LogP contribution in [0.1, 0.15) is 23.0 Å². The smallest absolute Gasteiger partial charge is 0.160 e. The highest BCUT2D eigenvalue weighted by molar-refractivity contribution is 6.52. The largest absolute Gasteiger partial charge is 0.497 e. The van der Waals surface area contributed by atoms with E-state index in [1.807, 2.05) is 24.3 Å². The molecular weight excluding hydrogens is 369 g/mol. The highest BCUT2D eigenvalue weighted by Crippen LogP contribution is 2.70. The lowest BCUT2D eigenvalue weighted by Crippen LogP contribution is -1.92. The molecule has 2 atom stereocenters. The molecule has 0 N–H and O–H groups in total. The first-order chi connectivity index (χ1) is 10.4. The highest BCUT2D eigenvalue weighted by atomic mass is 35.5. The van der Waals surface area contributed by atoms with Gasteiger partial charge in [-0.1, -0.05) is 35.3 Å². The predicted molar refractivity (Wildman–Crippen MR) is 89.3 cm³/mol. The van der Waals surface area contributed by atoms with E-state index in [4.69, 9.17) is 51.1 Å². The van der Waals surface area contributed by atoms with Crippen LogP contribution >= 0.6 is 46.4 Å². The molecule has 3 rings (SSSR count). The molecule has 2 aromatic rings. The summed E-state index contributed by atoms with van der Waals surface area (Å²) in [5.74, 6) is -0.189. The van der Waals surface area contributed by atoms with Gasteiger partial charge in [-0.15, -0.1) is 23.2 Å². The lowest BCUT2D eigenvalue weighted by Gasteiger charge is -2.05. The van der Waals surface area contributed by atoms with E-state index >= 15 is 0 Å². The van der Waals surface area contributed by atoms with Crippen molar-refractivity contribution in [3.05, 3.63) is 63.4 Å². The van der Waals surface area contributed by atoms with Crippen molar-refractivity contribution in [2.45, 2.75) is 16.2 Å². The molecule has 0 unspecified atom stereocenters. The molecule has 1 nitrogen and oxygen atoms in total. The minimum atomic E-state index is -0.973. The summed E-state index contributed by atoms with van der Waals surface area (Å²) < 4.78 is 17.7. The van der Waals surface area contributed by atoms with Gasteiger partial charge in [0.15, 0.2) is 5.82 Å². The summed E-state index contributed by atoms with van der Waals surface area (Å²) in [6, 6.07) is 10.6. The topological polar surface area (TPSA) is 9.23 Å². The summed E-state index contributed by atoms with van der Waals surface area (Å²) in [5, 5.41) is -0.0703. The van der Waals surface area contributed by atoms with Gasteiger partial charge in [-0.3, -0.25) is 0 Å². The average molecular weight is 380 g/mol. The molecule has 0 aromatic heterocycles. The maximum absolute atomic E-state index is 13.5. The van der Waals surface area contributed by atoms with Crippen LogP contribution < -0.4 is 4.74 Å². The molecule has 1 aliphatic rings. The Labute approximate surface area is 147 Å². The number of alkyl halides is 2. The third-order valence-corrected chi connectivity index (χ3v) is 5.38. The minimum absolute atomic E-state index is 0.0352. The van der Waals surface area contributed by atoms with E-state index in [0.717, 1.165) is 16.9 Å². The normalized spacial score (nSPS) is 22.5. The fraction of sp³-hybridized carbons (Fsp3) is 0.250. The average Bonchev–Trinajstić information content (AvgIpc) is 3.07. The van der Waals surface area contributed by atoms with Gasteiger partial charge in [0.1, 0.15) is 10.1 Å². The van der Waals surface area contributed by atoms with Crippen LogP contribution in [0.15, 0.2) is 36.4 Å². The van der Waals surface area contributed by atoms with Gasteiger partial charge in [0.2, 0.25) is 0 Å². The third kappa shape index (κ3) is 2.67. The summed E-state index contributed by atoms with van der Waals surface area (Å²) in [5.41, 5.74) is 1.70. The molecule has 0 radical (unpaired) electrons. The molecule has 2 aromatic carbocycles. The zero-order chi connectivity index (χ0) is 16.1. The van der Waals surface area contributed by atoms with Gasteiger partial charge in [0.25, 0.3) is 0 Å². The molecule has 1 fully saturated rings. The van der Waals surface area contributed by atoms with Crippen LogP contribution in [0.25, 0.3) is 0 Å². The highest BCUT2D eigenvalue weighted by Gasteiger charge is 2.64. The van der Waals surface area contributed by atoms with Crippen LogP contribution in [0.2, 0.25) is 10.0 Å². The van der Waals surface area contributed by atoms with Gasteiger partial charge >= 0.3 is 0 Å². The standard InChI is InChI=1S/C16H11Cl4FO/c1-22-10-4-2-8(3-5-10)13-14(16(13,19)20)9-6-11(17)15(21)12(18)7-9/h2-7,13-14H,1H3/t13-,14-/m0/s1. The van der Waals surface area contributed by atoms with Crippen LogP contribution in [0, 0.1) is 5.82 Å². The predicted octanol–water partition coefficient (Wildman–Crippen LogP) is 6.20. The summed E-state index contributed by atoms with van der Waals surface area (Å²) in [7, 11) is 1.60. The van der Waals surface area contributed by atoms with Gasteiger partial charge in [-0.05, 0) is 35.4 Å². The summed E-state index contributed by atoms with van der Waals surface area (Å²) >= 11 is 24.5. The van der Waals surface area contributed by atoms with Crippen LogP contribution in [0.5, 0.6) is 5.75 Å². The fourth-order valence-electron chi connectivity index (χ4n) is 2.72. The Kier molecular flexibility index (Phi) is 4.24. The molecular formula is C16H11Cl4FO. The number of methoxy groups -OCH3 is 1. The van der Waals surface area contributed by atoms with Crippen molar-refractivity contribution >= 4 is 46.4 Å². The lowest BCUT2D eigenvalue weighted by molar-refractivity contribution is 0.414. The molecule has 0 spiro atoms. The second kappa shape index (κ2) is 5.76. The monoisotopic (exact) mass is 378 g/mol. The van der Waals surface area contributed by atoms with E-state index in [-0.39, 0.29) is 21.9 Å². The number of ether oxygens (including phenoxy) is 1. The molecule has 0 bridgehead atoms. The van der Waals surface area contributed by atoms with E-state index in [9.17, 15) is 4.39 Å². The zero-order valence-corrected chi connectivity index (χ0v) is 14.4. The Morgan fingerprint density at radius 2 is 1.45 bits per heavy atom. The van der Waals surface area contributed by atoms with Crippen LogP contribution in [-0.2, 0) is 0 Å². The van der Waals surface area contributed by atoms with Crippen molar-refractivity contribution in [2.75, 3.05) is 7.11 Å². The van der Waals surface area contributed by atoms with E-state index in [1.165, 1.54) is 12.1 Å². The minimum Gasteiger partial charge on any atom is -0.497 e. The number of benzene rings is 2. The zero-order valence-electron chi connectivity index (χ0n) is 11.4. The van der Waals surface area contributed by atoms with E-state index in [2.05, 4.69) is 0 Å². The maximum Gasteiger partial charge on any atom is 0.160 e. The number of rotatable bonds is 3. The Balaban J connectivity index is 1.95. The van der Waals surface area contributed by atoms with Crippen LogP contribution in [0.3, 0.4) is 0 Å². The van der Waals surface area contributed by atoms with E-state index < -0.39 is 10.2 Å². The van der Waals surface area contributed by atoms with Crippen molar-refractivity contribution in [1.29, 1.82) is 0 Å². The first-order valence-corrected chi connectivity index (χ1v) is 8.03. The number of hydrogen-bond donors (Lipinski definition) is 0. The first-order valence-electron chi connectivity index (χ1n) is 6.52. The Hall–Kier alpha value is -0.670. The SMILES string of the molecule is COc1ccc([C@H]2[C@H](c3cc(Cl)c(F)c(Cl)c3)C2(Cl)Cl)cc1. The number of hydrogen-bond acceptors (Lipinski definition) is 1. The van der Waals surface area contributed by atoms with Crippen molar-refractivity contribution < 1.29 is 9.13 Å². The van der Waals surface area contributed by atoms with Gasteiger partial charge in [-0.25, -0.2) is 4.39 Å². The molecule has 6 heteroatoms. The van der Waals surface area contributed by atoms with Crippen molar-refractivity contribution in [2.24, 2.45) is 0 Å². The molecule has 0 saturated heterocycles. The van der Waals surface area contributed by atoms with Crippen molar-refractivity contribution in [3.8, 4) is 5.75 Å². The van der Waals surface area contributed by atoms with Gasteiger partial charge in [-0.2, -0.15) is 0 Å². The fourth-order valence-corrected chi connectivity index (χ4v) is 4.11. The van der Waals surface area contributed by atoms with E-state index in [1.54, 1.807) is 7.11 Å². The number of halogens is 5. The second-order valence-electron chi connectivity index (χ2n) is 5.20. The quantitative estimate of drug-likeness (QED) is 0.456. The van der Waals surface area contributed by atoms with Crippen LogP contribution in [-0.4, -0.2) is 11.4 Å². The summed E-state index contributed by atoms with van der Waals surface area (Å²) in [6.45, 7) is 0. The molecule has 1 saturated carbocycles. The van der Waals surface area contributed by atoms with Crippen molar-refractivity contribution in [3.63, 3.8) is 0 Å². The van der Waals surface area contributed by atoms with E-state index in [0.29, 0.717) is 0 Å². The van der Waals surface area contributed by atoms with Gasteiger partial charge in [0.05, 0.1) is 17.2 Å². The molecule has 116 valence electrons. The lowest BCUT2D eigenvalue weighted by atomic mass is 10.0. The molecule has 22 heavy (non-hydrogen) atoms. The Bertz CT molecular complexity index is 692. The third-order valence-electron chi connectivity index (χ3n) is 3.89. The summed E-state index contributed by atoms with van der Waals surface area (Å²) in [6.07, 6.45) is 0. The first kappa shape index (κ1) is 16.2. The Morgan fingerprint density at radius 3 is 1.95 bits per heavy atom. The van der Waals surface area contributed by atoms with Crippen LogP contribution in [0.4, 0.5) is 4.39 Å². The molecule has 1 aliphatic carbocycles. The summed E-state index contributed by atoms with van der Waals surface area (Å²) in [4.78, 5) is 0. The molecule has 0 aliphatic heterocycles. The Morgan fingerprint density at radius 1 is 0.955 bits per heavy atom. The van der Waals surface area contributed by atoms with Gasteiger partial charge < -0.3 is 4.74 Å². The van der Waals surface area contributed by atoms with Crippen molar-refractivity contribution in [1.82, 2.24) is 0 Å². The van der Waals surface area contributed by atoms with Gasteiger partial charge in [0, 0.05) is 11.8 Å².